The topological polar surface area (TPSA) is 30.5 Å². The second-order valence-electron chi connectivity index (χ2n) is 5.65. The van der Waals surface area contributed by atoms with Crippen LogP contribution in [0.2, 0.25) is 0 Å². The largest absolute Gasteiger partial charge is 0.496 e. The Morgan fingerprint density at radius 3 is 2.35 bits per heavy atom. The van der Waals surface area contributed by atoms with Crippen LogP contribution in [0.3, 0.4) is 0 Å². The van der Waals surface area contributed by atoms with Gasteiger partial charge in [-0.25, -0.2) is 0 Å². The summed E-state index contributed by atoms with van der Waals surface area (Å²) in [6.45, 7) is 9.54. The van der Waals surface area contributed by atoms with Crippen LogP contribution in [-0.2, 0) is 11.3 Å². The van der Waals surface area contributed by atoms with E-state index in [0.717, 1.165) is 17.7 Å². The molecule has 0 fully saturated rings. The molecule has 114 valence electrons. The Balaban J connectivity index is 2.87. The van der Waals surface area contributed by atoms with Crippen molar-refractivity contribution in [2.45, 2.75) is 52.8 Å². The van der Waals surface area contributed by atoms with Gasteiger partial charge in [-0.3, -0.25) is 0 Å². The minimum absolute atomic E-state index is 0.323. The van der Waals surface area contributed by atoms with Gasteiger partial charge in [0, 0.05) is 24.8 Å². The minimum Gasteiger partial charge on any atom is -0.496 e. The van der Waals surface area contributed by atoms with Gasteiger partial charge in [0.25, 0.3) is 0 Å². The highest BCUT2D eigenvalue weighted by Crippen LogP contribution is 2.25. The maximum absolute atomic E-state index is 5.37. The highest BCUT2D eigenvalue weighted by Gasteiger charge is 2.16. The van der Waals surface area contributed by atoms with E-state index in [2.05, 4.69) is 45.1 Å². The molecule has 3 heteroatoms. The molecule has 2 unspecified atom stereocenters. The van der Waals surface area contributed by atoms with Crippen LogP contribution in [0.25, 0.3) is 0 Å². The van der Waals surface area contributed by atoms with Crippen LogP contribution < -0.4 is 10.1 Å². The molecule has 0 spiro atoms. The van der Waals surface area contributed by atoms with Crippen LogP contribution in [0.5, 0.6) is 5.75 Å². The predicted octanol–water partition coefficient (Wildman–Crippen LogP) is 3.93. The molecule has 20 heavy (non-hydrogen) atoms. The summed E-state index contributed by atoms with van der Waals surface area (Å²) in [5.74, 6) is 1.53. The van der Waals surface area contributed by atoms with Crippen LogP contribution in [0, 0.1) is 5.92 Å². The van der Waals surface area contributed by atoms with E-state index in [0.29, 0.717) is 24.6 Å². The lowest BCUT2D eigenvalue weighted by Crippen LogP contribution is -2.35. The molecule has 0 aliphatic heterocycles. The summed E-state index contributed by atoms with van der Waals surface area (Å²) >= 11 is 0. The normalized spacial score (nSPS) is 14.3. The fourth-order valence-corrected chi connectivity index (χ4v) is 2.54. The van der Waals surface area contributed by atoms with Gasteiger partial charge in [-0.2, -0.15) is 0 Å². The Morgan fingerprint density at radius 1 is 1.15 bits per heavy atom. The van der Waals surface area contributed by atoms with Gasteiger partial charge >= 0.3 is 0 Å². The zero-order valence-corrected chi connectivity index (χ0v) is 13.7. The monoisotopic (exact) mass is 279 g/mol. The van der Waals surface area contributed by atoms with E-state index in [1.54, 1.807) is 14.2 Å². The van der Waals surface area contributed by atoms with Crippen LogP contribution in [0.4, 0.5) is 0 Å². The number of rotatable bonds is 8. The third-order valence-electron chi connectivity index (χ3n) is 3.81. The molecule has 0 saturated heterocycles. The van der Waals surface area contributed by atoms with Crippen molar-refractivity contribution in [3.8, 4) is 5.75 Å². The Bertz CT molecular complexity index is 404. The van der Waals surface area contributed by atoms with Crippen molar-refractivity contribution in [3.63, 3.8) is 0 Å². The lowest BCUT2D eigenvalue weighted by Gasteiger charge is -2.26. The van der Waals surface area contributed by atoms with Crippen molar-refractivity contribution >= 4 is 0 Å². The number of methoxy groups -OCH3 is 2. The molecule has 0 amide bonds. The molecule has 0 radical (unpaired) electrons. The number of benzene rings is 1. The van der Waals surface area contributed by atoms with Gasteiger partial charge in [0.2, 0.25) is 0 Å². The first-order valence-corrected chi connectivity index (χ1v) is 7.45. The van der Waals surface area contributed by atoms with Gasteiger partial charge in [0.1, 0.15) is 5.75 Å². The molecule has 1 rings (SSSR count). The highest BCUT2D eigenvalue weighted by atomic mass is 16.5. The van der Waals surface area contributed by atoms with Crippen LogP contribution >= 0.6 is 0 Å². The molecule has 0 bridgehead atoms. The van der Waals surface area contributed by atoms with Gasteiger partial charge in [0.05, 0.1) is 13.7 Å². The second kappa shape index (κ2) is 8.28. The number of hydrogen-bond donors (Lipinski definition) is 1. The maximum atomic E-state index is 5.37. The first-order chi connectivity index (χ1) is 9.53. The molecule has 0 heterocycles. The summed E-state index contributed by atoms with van der Waals surface area (Å²) in [5.41, 5.74) is 2.37. The number of ether oxygens (including phenoxy) is 2. The first-order valence-electron chi connectivity index (χ1n) is 7.45. The molecule has 1 N–H and O–H groups in total. The zero-order valence-electron chi connectivity index (χ0n) is 13.7. The molecule has 0 aliphatic rings. The van der Waals surface area contributed by atoms with E-state index in [1.165, 1.54) is 5.56 Å². The van der Waals surface area contributed by atoms with Crippen LogP contribution in [0.1, 0.15) is 51.3 Å². The molecular weight excluding hydrogens is 250 g/mol. The summed E-state index contributed by atoms with van der Waals surface area (Å²) in [4.78, 5) is 0. The zero-order chi connectivity index (χ0) is 15.1. The fourth-order valence-electron chi connectivity index (χ4n) is 2.54. The van der Waals surface area contributed by atoms with Crippen molar-refractivity contribution in [3.05, 3.63) is 29.3 Å². The average Bonchev–Trinajstić information content (AvgIpc) is 2.44. The average molecular weight is 279 g/mol. The summed E-state index contributed by atoms with van der Waals surface area (Å²) in [7, 11) is 3.40. The second-order valence-corrected chi connectivity index (χ2v) is 5.65. The highest BCUT2D eigenvalue weighted by molar-refractivity contribution is 5.38. The molecule has 0 saturated carbocycles. The van der Waals surface area contributed by atoms with Crippen molar-refractivity contribution < 1.29 is 9.47 Å². The first kappa shape index (κ1) is 17.0. The Labute approximate surface area is 123 Å². The lowest BCUT2D eigenvalue weighted by molar-refractivity contribution is 0.181. The third-order valence-corrected chi connectivity index (χ3v) is 3.81. The van der Waals surface area contributed by atoms with Gasteiger partial charge < -0.3 is 14.8 Å². The van der Waals surface area contributed by atoms with E-state index in [-0.39, 0.29) is 0 Å². The quantitative estimate of drug-likeness (QED) is 0.782. The standard InChI is InChI=1S/C17H29NO2/c1-7-16(12(2)3)18-13(4)14-8-9-17(20-6)15(10-14)11-19-5/h8-10,12-13,16,18H,7,11H2,1-6H3. The smallest absolute Gasteiger partial charge is 0.124 e. The summed E-state index contributed by atoms with van der Waals surface area (Å²) in [5, 5.41) is 3.71. The molecule has 0 aromatic heterocycles. The minimum atomic E-state index is 0.323. The van der Waals surface area contributed by atoms with Gasteiger partial charge in [-0.1, -0.05) is 26.8 Å². The van der Waals surface area contributed by atoms with E-state index < -0.39 is 0 Å². The number of hydrogen-bond acceptors (Lipinski definition) is 3. The van der Waals surface area contributed by atoms with Crippen molar-refractivity contribution in [1.29, 1.82) is 0 Å². The maximum Gasteiger partial charge on any atom is 0.124 e. The predicted molar refractivity (Wildman–Crippen MR) is 84.2 cm³/mol. The van der Waals surface area contributed by atoms with Crippen LogP contribution in [-0.4, -0.2) is 20.3 Å². The van der Waals surface area contributed by atoms with Crippen molar-refractivity contribution in [2.24, 2.45) is 5.92 Å². The third kappa shape index (κ3) is 4.50. The molecule has 1 aromatic rings. The van der Waals surface area contributed by atoms with Crippen molar-refractivity contribution in [2.75, 3.05) is 14.2 Å². The van der Waals surface area contributed by atoms with Gasteiger partial charge in [0.15, 0.2) is 0 Å². The van der Waals surface area contributed by atoms with E-state index in [9.17, 15) is 0 Å². The lowest BCUT2D eigenvalue weighted by atomic mass is 9.98. The molecule has 3 nitrogen and oxygen atoms in total. The SMILES string of the molecule is CCC(NC(C)c1ccc(OC)c(COC)c1)C(C)C. The molecule has 0 aliphatic carbocycles. The molecule has 2 atom stereocenters. The Morgan fingerprint density at radius 2 is 1.85 bits per heavy atom. The summed E-state index contributed by atoms with van der Waals surface area (Å²) in [6.07, 6.45) is 1.14. The Hall–Kier alpha value is -1.06. The summed E-state index contributed by atoms with van der Waals surface area (Å²) in [6, 6.07) is 7.19. The molecule has 1 aromatic carbocycles. The van der Waals surface area contributed by atoms with Crippen LogP contribution in [0.15, 0.2) is 18.2 Å². The molecular formula is C17H29NO2. The van der Waals surface area contributed by atoms with Crippen molar-refractivity contribution in [1.82, 2.24) is 5.32 Å². The Kier molecular flexibility index (Phi) is 7.03. The van der Waals surface area contributed by atoms with E-state index >= 15 is 0 Å². The van der Waals surface area contributed by atoms with Gasteiger partial charge in [-0.05, 0) is 37.0 Å². The van der Waals surface area contributed by atoms with Gasteiger partial charge in [-0.15, -0.1) is 0 Å². The van der Waals surface area contributed by atoms with E-state index in [1.807, 2.05) is 6.07 Å². The van der Waals surface area contributed by atoms with E-state index in [4.69, 9.17) is 9.47 Å². The fraction of sp³-hybridized carbons (Fsp3) is 0.647. The summed E-state index contributed by atoms with van der Waals surface area (Å²) < 4.78 is 10.6. The number of nitrogens with one attached hydrogen (secondary N) is 1.